The summed E-state index contributed by atoms with van der Waals surface area (Å²) in [5.41, 5.74) is 9.65. The number of aromatic nitrogens is 1. The van der Waals surface area contributed by atoms with Crippen molar-refractivity contribution in [2.75, 3.05) is 5.73 Å². The van der Waals surface area contributed by atoms with Crippen LogP contribution in [0.3, 0.4) is 0 Å². The maximum absolute atomic E-state index is 10.8. The van der Waals surface area contributed by atoms with Crippen molar-refractivity contribution in [3.05, 3.63) is 51.2 Å². The first kappa shape index (κ1) is 16.4. The van der Waals surface area contributed by atoms with Crippen molar-refractivity contribution in [3.8, 4) is 17.2 Å². The molecule has 118 valence electrons. The fraction of sp³-hybridized carbons (Fsp3) is 0.294. The molecule has 0 aliphatic carbocycles. The SMILES string of the molecule is CCCc1nc(N)c(C#N)c(-c2ccc([N+](=O)[O-])cc2)c1CC. The molecular weight excluding hydrogens is 292 g/mol. The summed E-state index contributed by atoms with van der Waals surface area (Å²) in [7, 11) is 0. The molecule has 0 saturated carbocycles. The van der Waals surface area contributed by atoms with Gasteiger partial charge in [0.1, 0.15) is 17.5 Å². The van der Waals surface area contributed by atoms with Crippen molar-refractivity contribution in [1.29, 1.82) is 5.26 Å². The average molecular weight is 310 g/mol. The quantitative estimate of drug-likeness (QED) is 0.670. The Morgan fingerprint density at radius 3 is 2.43 bits per heavy atom. The lowest BCUT2D eigenvalue weighted by Gasteiger charge is -2.16. The van der Waals surface area contributed by atoms with Gasteiger partial charge in [0.15, 0.2) is 0 Å². The van der Waals surface area contributed by atoms with E-state index in [1.165, 1.54) is 12.1 Å². The molecule has 0 aliphatic rings. The molecule has 2 aromatic rings. The Hall–Kier alpha value is -2.94. The number of pyridine rings is 1. The van der Waals surface area contributed by atoms with Gasteiger partial charge in [-0.2, -0.15) is 5.26 Å². The Morgan fingerprint density at radius 1 is 1.30 bits per heavy atom. The highest BCUT2D eigenvalue weighted by Gasteiger charge is 2.19. The van der Waals surface area contributed by atoms with Gasteiger partial charge >= 0.3 is 0 Å². The highest BCUT2D eigenvalue weighted by molar-refractivity contribution is 5.79. The van der Waals surface area contributed by atoms with Gasteiger partial charge in [0, 0.05) is 23.4 Å². The number of nitrogens with zero attached hydrogens (tertiary/aromatic N) is 3. The monoisotopic (exact) mass is 310 g/mol. The summed E-state index contributed by atoms with van der Waals surface area (Å²) >= 11 is 0. The zero-order chi connectivity index (χ0) is 17.0. The molecule has 0 bridgehead atoms. The third-order valence-corrected chi connectivity index (χ3v) is 3.73. The molecule has 0 amide bonds. The lowest BCUT2D eigenvalue weighted by atomic mass is 9.91. The number of nitrogens with two attached hydrogens (primary N) is 1. The zero-order valence-electron chi connectivity index (χ0n) is 13.2. The van der Waals surface area contributed by atoms with Crippen molar-refractivity contribution < 1.29 is 4.92 Å². The smallest absolute Gasteiger partial charge is 0.269 e. The Bertz CT molecular complexity index is 777. The van der Waals surface area contributed by atoms with Crippen LogP contribution < -0.4 is 5.73 Å². The van der Waals surface area contributed by atoms with Crippen molar-refractivity contribution in [2.24, 2.45) is 0 Å². The van der Waals surface area contributed by atoms with Crippen LogP contribution in [0.1, 0.15) is 37.1 Å². The van der Waals surface area contributed by atoms with Crippen LogP contribution in [-0.2, 0) is 12.8 Å². The Morgan fingerprint density at radius 2 is 1.96 bits per heavy atom. The van der Waals surface area contributed by atoms with Gasteiger partial charge < -0.3 is 5.73 Å². The second kappa shape index (κ2) is 6.88. The number of hydrogen-bond acceptors (Lipinski definition) is 5. The third kappa shape index (κ3) is 3.14. The van der Waals surface area contributed by atoms with Crippen LogP contribution >= 0.6 is 0 Å². The van der Waals surface area contributed by atoms with E-state index in [0.717, 1.165) is 35.2 Å². The summed E-state index contributed by atoms with van der Waals surface area (Å²) in [5, 5.41) is 20.3. The summed E-state index contributed by atoms with van der Waals surface area (Å²) in [5.74, 6) is 0.210. The van der Waals surface area contributed by atoms with Crippen LogP contribution in [0, 0.1) is 21.4 Å². The number of anilines is 1. The molecule has 23 heavy (non-hydrogen) atoms. The molecule has 1 heterocycles. The van der Waals surface area contributed by atoms with E-state index in [1.54, 1.807) is 12.1 Å². The molecule has 0 radical (unpaired) electrons. The molecule has 0 aliphatic heterocycles. The molecule has 0 saturated heterocycles. The van der Waals surface area contributed by atoms with Gasteiger partial charge in [-0.25, -0.2) is 4.98 Å². The molecule has 1 aromatic heterocycles. The molecule has 1 aromatic carbocycles. The minimum absolute atomic E-state index is 0.0149. The molecule has 6 heteroatoms. The van der Waals surface area contributed by atoms with Gasteiger partial charge in [0.25, 0.3) is 5.69 Å². The minimum atomic E-state index is -0.445. The fourth-order valence-corrected chi connectivity index (χ4v) is 2.70. The second-order valence-corrected chi connectivity index (χ2v) is 5.19. The minimum Gasteiger partial charge on any atom is -0.383 e. The lowest BCUT2D eigenvalue weighted by Crippen LogP contribution is -2.07. The number of hydrogen-bond donors (Lipinski definition) is 1. The third-order valence-electron chi connectivity index (χ3n) is 3.73. The number of non-ortho nitro benzene ring substituents is 1. The molecule has 0 fully saturated rings. The second-order valence-electron chi connectivity index (χ2n) is 5.19. The first-order chi connectivity index (χ1) is 11.0. The maximum atomic E-state index is 10.8. The van der Waals surface area contributed by atoms with E-state index in [1.807, 2.05) is 6.92 Å². The Kier molecular flexibility index (Phi) is 4.91. The van der Waals surface area contributed by atoms with E-state index in [-0.39, 0.29) is 11.5 Å². The molecule has 0 atom stereocenters. The first-order valence-electron chi connectivity index (χ1n) is 7.49. The van der Waals surface area contributed by atoms with E-state index >= 15 is 0 Å². The normalized spacial score (nSPS) is 10.3. The molecule has 0 unspecified atom stereocenters. The number of nitro groups is 1. The van der Waals surface area contributed by atoms with E-state index in [0.29, 0.717) is 12.0 Å². The largest absolute Gasteiger partial charge is 0.383 e. The van der Waals surface area contributed by atoms with Crippen LogP contribution in [0.4, 0.5) is 11.5 Å². The highest BCUT2D eigenvalue weighted by atomic mass is 16.6. The summed E-state index contributed by atoms with van der Waals surface area (Å²) < 4.78 is 0. The van der Waals surface area contributed by atoms with Gasteiger partial charge in [-0.15, -0.1) is 0 Å². The van der Waals surface area contributed by atoms with Gasteiger partial charge in [-0.05, 0) is 36.1 Å². The number of nitro benzene ring substituents is 1. The maximum Gasteiger partial charge on any atom is 0.269 e. The molecule has 2 rings (SSSR count). The van der Waals surface area contributed by atoms with E-state index in [4.69, 9.17) is 5.73 Å². The summed E-state index contributed by atoms with van der Waals surface area (Å²) in [6, 6.07) is 8.31. The number of rotatable bonds is 5. The first-order valence-corrected chi connectivity index (χ1v) is 7.49. The predicted molar refractivity (Wildman–Crippen MR) is 88.8 cm³/mol. The fourth-order valence-electron chi connectivity index (χ4n) is 2.70. The summed E-state index contributed by atoms with van der Waals surface area (Å²) in [6.45, 7) is 4.06. The van der Waals surface area contributed by atoms with Gasteiger partial charge in [0.2, 0.25) is 0 Å². The predicted octanol–water partition coefficient (Wildman–Crippen LogP) is 3.63. The number of nitrogen functional groups attached to an aromatic ring is 1. The Balaban J connectivity index is 2.72. The van der Waals surface area contributed by atoms with Crippen molar-refractivity contribution in [2.45, 2.75) is 33.1 Å². The zero-order valence-corrected chi connectivity index (χ0v) is 13.2. The Labute approximate surface area is 134 Å². The average Bonchev–Trinajstić information content (AvgIpc) is 2.54. The van der Waals surface area contributed by atoms with E-state index in [9.17, 15) is 15.4 Å². The summed E-state index contributed by atoms with van der Waals surface area (Å²) in [6.07, 6.45) is 2.41. The summed E-state index contributed by atoms with van der Waals surface area (Å²) in [4.78, 5) is 14.7. The van der Waals surface area contributed by atoms with Crippen molar-refractivity contribution in [1.82, 2.24) is 4.98 Å². The standard InChI is InChI=1S/C17H18N4O2/c1-3-5-15-13(4-2)16(14(10-18)17(19)20-15)11-6-8-12(9-7-11)21(22)23/h6-9H,3-5H2,1-2H3,(H2,19,20). The molecule has 2 N–H and O–H groups in total. The molecule has 6 nitrogen and oxygen atoms in total. The van der Waals surface area contributed by atoms with E-state index < -0.39 is 4.92 Å². The van der Waals surface area contributed by atoms with Gasteiger partial charge in [0.05, 0.1) is 4.92 Å². The van der Waals surface area contributed by atoms with Crippen molar-refractivity contribution >= 4 is 11.5 Å². The van der Waals surface area contributed by atoms with Crippen LogP contribution in [0.5, 0.6) is 0 Å². The number of aryl methyl sites for hydroxylation is 1. The van der Waals surface area contributed by atoms with Crippen LogP contribution in [0.15, 0.2) is 24.3 Å². The van der Waals surface area contributed by atoms with Crippen molar-refractivity contribution in [3.63, 3.8) is 0 Å². The number of nitriles is 1. The number of benzene rings is 1. The highest BCUT2D eigenvalue weighted by Crippen LogP contribution is 2.33. The van der Waals surface area contributed by atoms with Gasteiger partial charge in [-0.1, -0.05) is 20.3 Å². The lowest BCUT2D eigenvalue weighted by molar-refractivity contribution is -0.384. The van der Waals surface area contributed by atoms with Crippen LogP contribution in [0.25, 0.3) is 11.1 Å². The topological polar surface area (TPSA) is 106 Å². The van der Waals surface area contributed by atoms with E-state index in [2.05, 4.69) is 18.0 Å². The molecule has 0 spiro atoms. The van der Waals surface area contributed by atoms with Gasteiger partial charge in [-0.3, -0.25) is 10.1 Å². The van der Waals surface area contributed by atoms with Crippen LogP contribution in [-0.4, -0.2) is 9.91 Å². The molecular formula is C17H18N4O2. The van der Waals surface area contributed by atoms with Crippen LogP contribution in [0.2, 0.25) is 0 Å².